The zero-order valence-electron chi connectivity index (χ0n) is 16.5. The summed E-state index contributed by atoms with van der Waals surface area (Å²) in [6.07, 6.45) is 4.39. The minimum atomic E-state index is -0.159. The van der Waals surface area contributed by atoms with E-state index >= 15 is 0 Å². The van der Waals surface area contributed by atoms with Gasteiger partial charge in [-0.15, -0.1) is 0 Å². The predicted molar refractivity (Wildman–Crippen MR) is 104 cm³/mol. The zero-order valence-corrected chi connectivity index (χ0v) is 16.5. The molecule has 1 aliphatic heterocycles. The number of methoxy groups -OCH3 is 1. The van der Waals surface area contributed by atoms with Gasteiger partial charge in [0.05, 0.1) is 5.69 Å². The molecule has 146 valence electrons. The number of anilines is 2. The standard InChI is InChI=1S/C19H28N6O2/c1-13-11-14(2)25(23-13)19-21-17(20-15(3)26)12-18(22-19)24-9-6-5-7-16(24)8-10-27-4/h11-12,16H,5-10H2,1-4H3,(H,20,21,22,26)/t16-/m0/s1. The van der Waals surface area contributed by atoms with E-state index in [0.29, 0.717) is 17.8 Å². The van der Waals surface area contributed by atoms with E-state index in [1.54, 1.807) is 11.8 Å². The number of aromatic nitrogens is 4. The highest BCUT2D eigenvalue weighted by Gasteiger charge is 2.25. The van der Waals surface area contributed by atoms with Crippen LogP contribution < -0.4 is 10.2 Å². The van der Waals surface area contributed by atoms with Crippen LogP contribution in [0.15, 0.2) is 12.1 Å². The van der Waals surface area contributed by atoms with Crippen molar-refractivity contribution in [2.24, 2.45) is 0 Å². The monoisotopic (exact) mass is 372 g/mol. The first-order chi connectivity index (χ1) is 13.0. The first-order valence-electron chi connectivity index (χ1n) is 9.44. The molecule has 0 spiro atoms. The number of carbonyl (C=O) groups excluding carboxylic acids is 1. The van der Waals surface area contributed by atoms with Crippen LogP contribution in [0.3, 0.4) is 0 Å². The number of ether oxygens (including phenoxy) is 1. The average Bonchev–Trinajstić information content (AvgIpc) is 2.97. The van der Waals surface area contributed by atoms with Crippen LogP contribution in [-0.4, -0.2) is 52.0 Å². The van der Waals surface area contributed by atoms with Gasteiger partial charge in [0.1, 0.15) is 11.6 Å². The van der Waals surface area contributed by atoms with E-state index in [1.807, 2.05) is 26.0 Å². The fraction of sp³-hybridized carbons (Fsp3) is 0.579. The Labute approximate surface area is 159 Å². The maximum atomic E-state index is 11.6. The van der Waals surface area contributed by atoms with Crippen LogP contribution in [0.5, 0.6) is 0 Å². The molecule has 3 rings (SSSR count). The van der Waals surface area contributed by atoms with E-state index < -0.39 is 0 Å². The van der Waals surface area contributed by atoms with Crippen LogP contribution >= 0.6 is 0 Å². The van der Waals surface area contributed by atoms with Gasteiger partial charge in [0.25, 0.3) is 5.95 Å². The van der Waals surface area contributed by atoms with Gasteiger partial charge in [0, 0.05) is 45.0 Å². The number of hydrogen-bond donors (Lipinski definition) is 1. The number of amides is 1. The third kappa shape index (κ3) is 4.63. The lowest BCUT2D eigenvalue weighted by Gasteiger charge is -2.37. The van der Waals surface area contributed by atoms with Crippen LogP contribution in [0, 0.1) is 13.8 Å². The Kier molecular flexibility index (Phi) is 6.05. The lowest BCUT2D eigenvalue weighted by molar-refractivity contribution is -0.114. The van der Waals surface area contributed by atoms with Crippen LogP contribution in [0.2, 0.25) is 0 Å². The smallest absolute Gasteiger partial charge is 0.254 e. The number of piperidine rings is 1. The highest BCUT2D eigenvalue weighted by atomic mass is 16.5. The number of rotatable bonds is 6. The van der Waals surface area contributed by atoms with E-state index in [1.165, 1.54) is 13.3 Å². The number of hydrogen-bond acceptors (Lipinski definition) is 6. The Morgan fingerprint density at radius 1 is 1.30 bits per heavy atom. The van der Waals surface area contributed by atoms with E-state index in [2.05, 4.69) is 20.3 Å². The molecule has 27 heavy (non-hydrogen) atoms. The maximum Gasteiger partial charge on any atom is 0.254 e. The molecule has 3 heterocycles. The number of nitrogens with one attached hydrogen (secondary N) is 1. The second-order valence-corrected chi connectivity index (χ2v) is 7.06. The molecule has 0 bridgehead atoms. The van der Waals surface area contributed by atoms with Crippen molar-refractivity contribution < 1.29 is 9.53 Å². The van der Waals surface area contributed by atoms with Crippen molar-refractivity contribution in [3.05, 3.63) is 23.5 Å². The molecule has 1 aliphatic rings. The quantitative estimate of drug-likeness (QED) is 0.839. The third-order valence-corrected chi connectivity index (χ3v) is 4.78. The fourth-order valence-electron chi connectivity index (χ4n) is 3.60. The predicted octanol–water partition coefficient (Wildman–Crippen LogP) is 2.63. The van der Waals surface area contributed by atoms with Crippen LogP contribution in [0.1, 0.15) is 44.0 Å². The SMILES string of the molecule is COCC[C@@H]1CCCCN1c1cc(NC(C)=O)nc(-n2nc(C)cc2C)n1. The Balaban J connectivity index is 2.01. The Hall–Kier alpha value is -2.48. The first-order valence-corrected chi connectivity index (χ1v) is 9.44. The summed E-state index contributed by atoms with van der Waals surface area (Å²) < 4.78 is 7.01. The molecule has 0 aromatic carbocycles. The first kappa shape index (κ1) is 19.3. The minimum absolute atomic E-state index is 0.159. The molecule has 1 fully saturated rings. The molecule has 0 saturated carbocycles. The van der Waals surface area contributed by atoms with Crippen LogP contribution in [0.25, 0.3) is 5.95 Å². The molecule has 0 radical (unpaired) electrons. The molecule has 2 aromatic heterocycles. The van der Waals surface area contributed by atoms with E-state index in [0.717, 1.165) is 49.6 Å². The summed E-state index contributed by atoms with van der Waals surface area (Å²) in [6, 6.07) is 4.20. The molecule has 1 saturated heterocycles. The minimum Gasteiger partial charge on any atom is -0.385 e. The van der Waals surface area contributed by atoms with E-state index in [-0.39, 0.29) is 5.91 Å². The van der Waals surface area contributed by atoms with Gasteiger partial charge >= 0.3 is 0 Å². The summed E-state index contributed by atoms with van der Waals surface area (Å²) in [5.74, 6) is 1.62. The van der Waals surface area contributed by atoms with Gasteiger partial charge in [-0.1, -0.05) is 0 Å². The van der Waals surface area contributed by atoms with Crippen molar-refractivity contribution >= 4 is 17.5 Å². The summed E-state index contributed by atoms with van der Waals surface area (Å²) in [5.41, 5.74) is 1.85. The average molecular weight is 372 g/mol. The lowest BCUT2D eigenvalue weighted by atomic mass is 9.99. The normalized spacial score (nSPS) is 17.2. The largest absolute Gasteiger partial charge is 0.385 e. The van der Waals surface area contributed by atoms with Crippen LogP contribution in [0.4, 0.5) is 11.6 Å². The molecule has 8 heteroatoms. The number of aryl methyl sites for hydroxylation is 2. The fourth-order valence-corrected chi connectivity index (χ4v) is 3.60. The second kappa shape index (κ2) is 8.47. The summed E-state index contributed by atoms with van der Waals surface area (Å²) in [5, 5.41) is 7.29. The Bertz CT molecular complexity index is 803. The molecule has 0 aliphatic carbocycles. The Morgan fingerprint density at radius 2 is 2.11 bits per heavy atom. The van der Waals surface area contributed by atoms with E-state index in [9.17, 15) is 4.79 Å². The molecule has 1 amide bonds. The zero-order chi connectivity index (χ0) is 19.4. The molecular weight excluding hydrogens is 344 g/mol. The molecule has 2 aromatic rings. The van der Waals surface area contributed by atoms with Crippen molar-refractivity contribution in [3.63, 3.8) is 0 Å². The molecule has 0 unspecified atom stereocenters. The van der Waals surface area contributed by atoms with Crippen molar-refractivity contribution in [1.82, 2.24) is 19.7 Å². The van der Waals surface area contributed by atoms with Gasteiger partial charge < -0.3 is 15.0 Å². The number of carbonyl (C=O) groups is 1. The molecule has 8 nitrogen and oxygen atoms in total. The summed E-state index contributed by atoms with van der Waals surface area (Å²) in [6.45, 7) is 7.04. The topological polar surface area (TPSA) is 85.2 Å². The highest BCUT2D eigenvalue weighted by Crippen LogP contribution is 2.27. The molecular formula is C19H28N6O2. The van der Waals surface area contributed by atoms with Crippen molar-refractivity contribution in [1.29, 1.82) is 0 Å². The third-order valence-electron chi connectivity index (χ3n) is 4.78. The summed E-state index contributed by atoms with van der Waals surface area (Å²) in [7, 11) is 1.73. The van der Waals surface area contributed by atoms with Crippen molar-refractivity contribution in [3.8, 4) is 5.95 Å². The van der Waals surface area contributed by atoms with Gasteiger partial charge in [-0.3, -0.25) is 4.79 Å². The summed E-state index contributed by atoms with van der Waals surface area (Å²) in [4.78, 5) is 23.2. The molecule has 1 atom stereocenters. The summed E-state index contributed by atoms with van der Waals surface area (Å²) >= 11 is 0. The van der Waals surface area contributed by atoms with Gasteiger partial charge in [-0.25, -0.2) is 4.68 Å². The van der Waals surface area contributed by atoms with Gasteiger partial charge in [-0.05, 0) is 45.6 Å². The van der Waals surface area contributed by atoms with Gasteiger partial charge in [-0.2, -0.15) is 15.1 Å². The maximum absolute atomic E-state index is 11.6. The van der Waals surface area contributed by atoms with E-state index in [4.69, 9.17) is 9.72 Å². The molecule has 1 N–H and O–H groups in total. The second-order valence-electron chi connectivity index (χ2n) is 7.06. The lowest BCUT2D eigenvalue weighted by Crippen LogP contribution is -2.41. The Morgan fingerprint density at radius 3 is 2.78 bits per heavy atom. The number of nitrogens with zero attached hydrogens (tertiary/aromatic N) is 5. The van der Waals surface area contributed by atoms with Gasteiger partial charge in [0.15, 0.2) is 0 Å². The van der Waals surface area contributed by atoms with Gasteiger partial charge in [0.2, 0.25) is 5.91 Å². The highest BCUT2D eigenvalue weighted by molar-refractivity contribution is 5.88. The van der Waals surface area contributed by atoms with Crippen molar-refractivity contribution in [2.45, 2.75) is 52.5 Å². The van der Waals surface area contributed by atoms with Crippen molar-refractivity contribution in [2.75, 3.05) is 30.5 Å². The van der Waals surface area contributed by atoms with Crippen LogP contribution in [-0.2, 0) is 9.53 Å².